The van der Waals surface area contributed by atoms with Crippen molar-refractivity contribution in [2.75, 3.05) is 40.4 Å². The molecule has 5 rings (SSSR count). The van der Waals surface area contributed by atoms with Crippen LogP contribution in [-0.4, -0.2) is 66.4 Å². The molecule has 2 unspecified atom stereocenters. The van der Waals surface area contributed by atoms with Gasteiger partial charge in [0.15, 0.2) is 11.6 Å². The average molecular weight is 1040 g/mol. The number of hydrogen-bond donors (Lipinski definition) is 4. The molecule has 4 amide bonds. The fraction of sp³-hybridized carbons (Fsp3) is 0.250. The van der Waals surface area contributed by atoms with Gasteiger partial charge in [-0.3, -0.25) is 28.8 Å². The molecule has 0 aliphatic carbocycles. The molecule has 0 aliphatic rings. The molecule has 0 spiro atoms. The maximum Gasteiger partial charge on any atom is 0.258 e. The van der Waals surface area contributed by atoms with Gasteiger partial charge in [0, 0.05) is 51.9 Å². The molecule has 69 heavy (non-hydrogen) atoms. The Bertz CT molecular complexity index is 2810. The van der Waals surface area contributed by atoms with Gasteiger partial charge in [0.1, 0.15) is 22.9 Å². The first kappa shape index (κ1) is 53.5. The van der Waals surface area contributed by atoms with Crippen molar-refractivity contribution in [3.05, 3.63) is 129 Å². The molecule has 0 radical (unpaired) electrons. The molecule has 0 saturated heterocycles. The van der Waals surface area contributed by atoms with Crippen LogP contribution < -0.4 is 30.7 Å². The van der Waals surface area contributed by atoms with E-state index in [1.807, 2.05) is 13.8 Å². The molecular formula is C48H45Cl5N8O8. The normalized spacial score (nSPS) is 12.0. The summed E-state index contributed by atoms with van der Waals surface area (Å²) in [7, 11) is 0. The van der Waals surface area contributed by atoms with Gasteiger partial charge >= 0.3 is 0 Å². The van der Waals surface area contributed by atoms with Gasteiger partial charge in [0.25, 0.3) is 23.6 Å². The molecule has 0 aliphatic heterocycles. The van der Waals surface area contributed by atoms with Crippen molar-refractivity contribution in [1.82, 2.24) is 0 Å². The number of alkyl halides is 3. The van der Waals surface area contributed by atoms with Gasteiger partial charge in [-0.15, -0.1) is 34.8 Å². The van der Waals surface area contributed by atoms with Gasteiger partial charge in [-0.2, -0.15) is 20.5 Å². The number of ether oxygens (including phenoxy) is 2. The zero-order chi connectivity index (χ0) is 50.2. The molecule has 0 fully saturated rings. The van der Waals surface area contributed by atoms with E-state index in [0.717, 1.165) is 25.0 Å². The first-order valence-electron chi connectivity index (χ1n) is 21.1. The maximum absolute atomic E-state index is 13.5. The molecule has 0 bridgehead atoms. The van der Waals surface area contributed by atoms with E-state index in [2.05, 4.69) is 41.7 Å². The van der Waals surface area contributed by atoms with E-state index in [1.54, 1.807) is 36.4 Å². The summed E-state index contributed by atoms with van der Waals surface area (Å²) < 4.78 is 11.3. The SMILES string of the molecule is CCOc1cc(NC(=O)c2cccc(N=NC(C(C)=O)C(=O)Nc3ccc(NC(=O)C(N=Nc4cccc(C(=O)Nc5ccc(CCl)c(OCC)c5)c4Cl)C(C)=O)c(CCCl)c3)c2Cl)ccc1CCl. The lowest BCUT2D eigenvalue weighted by atomic mass is 10.1. The average Bonchev–Trinajstić information content (AvgIpc) is 3.31. The highest BCUT2D eigenvalue weighted by Crippen LogP contribution is 2.33. The Balaban J connectivity index is 1.27. The first-order valence-corrected chi connectivity index (χ1v) is 23.4. The fourth-order valence-corrected chi connectivity index (χ4v) is 7.54. The van der Waals surface area contributed by atoms with Crippen LogP contribution in [0.3, 0.4) is 0 Å². The van der Waals surface area contributed by atoms with Crippen LogP contribution in [0.2, 0.25) is 10.0 Å². The van der Waals surface area contributed by atoms with Crippen LogP contribution in [0.15, 0.2) is 111 Å². The summed E-state index contributed by atoms with van der Waals surface area (Å²) in [5, 5.41) is 26.8. The van der Waals surface area contributed by atoms with Gasteiger partial charge in [-0.25, -0.2) is 0 Å². The first-order chi connectivity index (χ1) is 33.1. The summed E-state index contributed by atoms with van der Waals surface area (Å²) in [6, 6.07) is 20.2. The molecule has 2 atom stereocenters. The van der Waals surface area contributed by atoms with E-state index in [1.165, 1.54) is 54.6 Å². The molecule has 0 saturated carbocycles. The van der Waals surface area contributed by atoms with Crippen molar-refractivity contribution in [3.63, 3.8) is 0 Å². The number of nitrogens with one attached hydrogen (secondary N) is 4. The maximum atomic E-state index is 13.5. The van der Waals surface area contributed by atoms with Crippen LogP contribution in [0.4, 0.5) is 34.1 Å². The lowest BCUT2D eigenvalue weighted by molar-refractivity contribution is -0.127. The minimum atomic E-state index is -1.63. The molecule has 5 aromatic rings. The Labute approximate surface area is 422 Å². The highest BCUT2D eigenvalue weighted by atomic mass is 35.5. The van der Waals surface area contributed by atoms with E-state index >= 15 is 0 Å². The van der Waals surface area contributed by atoms with Crippen LogP contribution in [0.1, 0.15) is 65.1 Å². The number of hydrogen-bond acceptors (Lipinski definition) is 12. The van der Waals surface area contributed by atoms with Crippen LogP contribution >= 0.6 is 58.0 Å². The second kappa shape index (κ2) is 25.8. The zero-order valence-electron chi connectivity index (χ0n) is 37.5. The Morgan fingerprint density at radius 3 is 1.41 bits per heavy atom. The summed E-state index contributed by atoms with van der Waals surface area (Å²) in [4.78, 5) is 79.0. The summed E-state index contributed by atoms with van der Waals surface area (Å²) >= 11 is 31.3. The van der Waals surface area contributed by atoms with Gasteiger partial charge < -0.3 is 30.7 Å². The second-order valence-electron chi connectivity index (χ2n) is 14.7. The number of nitrogens with zero attached hydrogens (tertiary/aromatic N) is 4. The Morgan fingerprint density at radius 1 is 0.551 bits per heavy atom. The number of Topliss-reactive ketones (excluding diaryl/α,β-unsaturated/α-hetero) is 2. The van der Waals surface area contributed by atoms with Crippen LogP contribution in [0, 0.1) is 0 Å². The third kappa shape index (κ3) is 14.3. The molecule has 360 valence electrons. The quantitative estimate of drug-likeness (QED) is 0.0296. The summed E-state index contributed by atoms with van der Waals surface area (Å²) in [6.07, 6.45) is 0.200. The van der Waals surface area contributed by atoms with Crippen molar-refractivity contribution in [2.45, 2.75) is 58.0 Å². The van der Waals surface area contributed by atoms with E-state index < -0.39 is 47.3 Å². The minimum Gasteiger partial charge on any atom is -0.493 e. The molecule has 0 aromatic heterocycles. The van der Waals surface area contributed by atoms with E-state index in [0.29, 0.717) is 41.7 Å². The lowest BCUT2D eigenvalue weighted by Crippen LogP contribution is -2.32. The van der Waals surface area contributed by atoms with Gasteiger partial charge in [-0.05, 0) is 94.3 Å². The smallest absolute Gasteiger partial charge is 0.258 e. The van der Waals surface area contributed by atoms with Crippen LogP contribution in [0.25, 0.3) is 0 Å². The summed E-state index contributed by atoms with van der Waals surface area (Å²) in [5.74, 6) is -2.56. The standard InChI is InChI=1S/C48H45Cl5N8O8/c1-5-68-39-22-32(15-13-29(39)24-50)54-45(64)34-9-7-11-37(41(34)52)58-60-43(26(3)62)47(66)56-31-17-18-36(28(21-31)19-20-49)57-48(67)44(27(4)63)61-59-38-12-8-10-35(42(38)53)46(65)55-33-16-14-30(25-51)40(23-33)69-6-2/h7-18,21-23,43-44H,5-6,19-20,24-25H2,1-4H3,(H,54,64)(H,55,65)(H,56,66)(H,57,67). The number of carbonyl (C=O) groups excluding carboxylic acids is 6. The zero-order valence-corrected chi connectivity index (χ0v) is 41.3. The number of rotatable bonds is 22. The van der Waals surface area contributed by atoms with Crippen LogP contribution in [0.5, 0.6) is 11.5 Å². The minimum absolute atomic E-state index is 0.0176. The number of carbonyl (C=O) groups is 6. The largest absolute Gasteiger partial charge is 0.493 e. The monoisotopic (exact) mass is 1040 g/mol. The second-order valence-corrected chi connectivity index (χ2v) is 16.4. The Hall–Kier alpha value is -6.43. The van der Waals surface area contributed by atoms with Crippen molar-refractivity contribution in [2.24, 2.45) is 20.5 Å². The third-order valence-corrected chi connectivity index (χ3v) is 11.4. The fourth-order valence-electron chi connectivity index (χ4n) is 6.40. The van der Waals surface area contributed by atoms with Gasteiger partial charge in [0.2, 0.25) is 12.1 Å². The molecule has 16 nitrogen and oxygen atoms in total. The summed E-state index contributed by atoms with van der Waals surface area (Å²) in [5.41, 5.74) is 3.40. The lowest BCUT2D eigenvalue weighted by Gasteiger charge is -2.16. The van der Waals surface area contributed by atoms with Gasteiger partial charge in [0.05, 0.1) is 46.1 Å². The Kier molecular flexibility index (Phi) is 20.0. The number of azo groups is 2. The predicted octanol–water partition coefficient (Wildman–Crippen LogP) is 11.9. The molecule has 4 N–H and O–H groups in total. The number of halogens is 5. The number of benzene rings is 5. The topological polar surface area (TPSA) is 218 Å². The molecule has 0 heterocycles. The highest BCUT2D eigenvalue weighted by Gasteiger charge is 2.27. The van der Waals surface area contributed by atoms with Gasteiger partial charge in [-0.1, -0.05) is 47.5 Å². The van der Waals surface area contributed by atoms with E-state index in [-0.39, 0.29) is 68.0 Å². The van der Waals surface area contributed by atoms with Crippen molar-refractivity contribution < 1.29 is 38.2 Å². The van der Waals surface area contributed by atoms with Crippen LogP contribution in [-0.2, 0) is 37.4 Å². The van der Waals surface area contributed by atoms with E-state index in [4.69, 9.17) is 67.5 Å². The van der Waals surface area contributed by atoms with Crippen molar-refractivity contribution in [1.29, 1.82) is 0 Å². The number of aryl methyl sites for hydroxylation is 1. The van der Waals surface area contributed by atoms with Crippen molar-refractivity contribution in [3.8, 4) is 11.5 Å². The predicted molar refractivity (Wildman–Crippen MR) is 269 cm³/mol. The number of ketones is 2. The van der Waals surface area contributed by atoms with E-state index in [9.17, 15) is 28.8 Å². The third-order valence-electron chi connectivity index (χ3n) is 9.81. The molecular weight excluding hydrogens is 994 g/mol. The number of anilines is 4. The molecule has 5 aromatic carbocycles. The Morgan fingerprint density at radius 2 is 0.986 bits per heavy atom. The highest BCUT2D eigenvalue weighted by molar-refractivity contribution is 6.37. The summed E-state index contributed by atoms with van der Waals surface area (Å²) in [6.45, 7) is 6.75. The number of amides is 4. The van der Waals surface area contributed by atoms with Crippen molar-refractivity contribution >= 4 is 127 Å². The molecule has 21 heteroatoms.